The predicted octanol–water partition coefficient (Wildman–Crippen LogP) is 5.23. The van der Waals surface area contributed by atoms with Gasteiger partial charge in [-0.3, -0.25) is 0 Å². The average molecular weight is 349 g/mol. The summed E-state index contributed by atoms with van der Waals surface area (Å²) in [4.78, 5) is 0. The van der Waals surface area contributed by atoms with Crippen LogP contribution in [-0.4, -0.2) is 11.2 Å². The zero-order valence-electron chi connectivity index (χ0n) is 13.6. The van der Waals surface area contributed by atoms with Gasteiger partial charge in [-0.2, -0.15) is 0 Å². The molecule has 124 valence electrons. The van der Waals surface area contributed by atoms with Crippen LogP contribution < -0.4 is 10.6 Å². The molecule has 2 N–H and O–H groups in total. The first kappa shape index (κ1) is 15.7. The van der Waals surface area contributed by atoms with Crippen LogP contribution in [-0.2, 0) is 0 Å². The first-order valence-corrected chi connectivity index (χ1v) is 9.64. The number of hydrogen-bond donors (Lipinski definition) is 2. The number of thiocarbonyl (C=S) groups is 1. The third-order valence-corrected chi connectivity index (χ3v) is 6.93. The van der Waals surface area contributed by atoms with Gasteiger partial charge in [-0.05, 0) is 105 Å². The maximum atomic E-state index is 5.93. The molecule has 4 heteroatoms. The van der Waals surface area contributed by atoms with Crippen LogP contribution in [0.4, 0.5) is 5.69 Å². The standard InChI is InChI=1S/C19H25ClN2S/c1-12(21-18(23)22-17-4-2-16(20)3-5-17)19-9-13-6-14(10-19)8-15(7-13)11-19/h2-5,12-15H,6-11H2,1H3,(H2,21,22,23). The molecule has 4 fully saturated rings. The van der Waals surface area contributed by atoms with Gasteiger partial charge in [0.2, 0.25) is 0 Å². The quantitative estimate of drug-likeness (QED) is 0.731. The van der Waals surface area contributed by atoms with Crippen molar-refractivity contribution in [3.8, 4) is 0 Å². The van der Waals surface area contributed by atoms with Crippen LogP contribution in [0.15, 0.2) is 24.3 Å². The fourth-order valence-electron chi connectivity index (χ4n) is 5.76. The van der Waals surface area contributed by atoms with Gasteiger partial charge in [0, 0.05) is 16.8 Å². The zero-order valence-corrected chi connectivity index (χ0v) is 15.2. The molecule has 2 nitrogen and oxygen atoms in total. The molecule has 0 saturated heterocycles. The van der Waals surface area contributed by atoms with E-state index in [2.05, 4.69) is 17.6 Å². The Morgan fingerprint density at radius 3 is 2.13 bits per heavy atom. The maximum Gasteiger partial charge on any atom is 0.171 e. The highest BCUT2D eigenvalue weighted by Crippen LogP contribution is 2.61. The van der Waals surface area contributed by atoms with Crippen LogP contribution in [0.1, 0.15) is 45.4 Å². The van der Waals surface area contributed by atoms with Crippen molar-refractivity contribution in [2.45, 2.75) is 51.5 Å². The highest BCUT2D eigenvalue weighted by molar-refractivity contribution is 7.80. The van der Waals surface area contributed by atoms with E-state index in [1.54, 1.807) is 0 Å². The summed E-state index contributed by atoms with van der Waals surface area (Å²) in [7, 11) is 0. The van der Waals surface area contributed by atoms with Crippen LogP contribution in [0.3, 0.4) is 0 Å². The highest BCUT2D eigenvalue weighted by atomic mass is 35.5. The van der Waals surface area contributed by atoms with Gasteiger partial charge in [0.1, 0.15) is 0 Å². The number of anilines is 1. The molecule has 4 saturated carbocycles. The Morgan fingerprint density at radius 2 is 1.61 bits per heavy atom. The van der Waals surface area contributed by atoms with Crippen molar-refractivity contribution in [3.05, 3.63) is 29.3 Å². The smallest absolute Gasteiger partial charge is 0.171 e. The van der Waals surface area contributed by atoms with Crippen LogP contribution in [0.5, 0.6) is 0 Å². The Bertz CT molecular complexity index is 563. The minimum absolute atomic E-state index is 0.447. The molecule has 0 spiro atoms. The predicted molar refractivity (Wildman–Crippen MR) is 101 cm³/mol. The van der Waals surface area contributed by atoms with E-state index in [0.29, 0.717) is 11.5 Å². The lowest BCUT2D eigenvalue weighted by Gasteiger charge is -2.59. The van der Waals surface area contributed by atoms with Gasteiger partial charge in [0.15, 0.2) is 5.11 Å². The van der Waals surface area contributed by atoms with Gasteiger partial charge in [-0.1, -0.05) is 11.6 Å². The normalized spacial score (nSPS) is 35.8. The largest absolute Gasteiger partial charge is 0.359 e. The minimum atomic E-state index is 0.447. The topological polar surface area (TPSA) is 24.1 Å². The summed E-state index contributed by atoms with van der Waals surface area (Å²) < 4.78 is 0. The van der Waals surface area contributed by atoms with E-state index in [1.807, 2.05) is 24.3 Å². The summed E-state index contributed by atoms with van der Waals surface area (Å²) in [5, 5.41) is 8.36. The molecule has 1 unspecified atom stereocenters. The summed E-state index contributed by atoms with van der Waals surface area (Å²) in [5.41, 5.74) is 1.46. The number of halogens is 1. The van der Waals surface area contributed by atoms with E-state index in [9.17, 15) is 0 Å². The molecule has 23 heavy (non-hydrogen) atoms. The van der Waals surface area contributed by atoms with Crippen molar-refractivity contribution in [1.29, 1.82) is 0 Å². The minimum Gasteiger partial charge on any atom is -0.359 e. The van der Waals surface area contributed by atoms with E-state index >= 15 is 0 Å². The second-order valence-corrected chi connectivity index (χ2v) is 8.95. The number of rotatable bonds is 3. The lowest BCUT2D eigenvalue weighted by molar-refractivity contribution is -0.0671. The maximum absolute atomic E-state index is 5.93. The molecule has 0 aromatic heterocycles. The number of nitrogens with one attached hydrogen (secondary N) is 2. The molecule has 0 amide bonds. The van der Waals surface area contributed by atoms with E-state index in [4.69, 9.17) is 23.8 Å². The van der Waals surface area contributed by atoms with Gasteiger partial charge in [0.05, 0.1) is 0 Å². The lowest BCUT2D eigenvalue weighted by Crippen LogP contribution is -2.56. The summed E-state index contributed by atoms with van der Waals surface area (Å²) in [5.74, 6) is 2.93. The third-order valence-electron chi connectivity index (χ3n) is 6.45. The van der Waals surface area contributed by atoms with Gasteiger partial charge in [-0.25, -0.2) is 0 Å². The second kappa shape index (κ2) is 5.93. The van der Waals surface area contributed by atoms with E-state index in [-0.39, 0.29) is 0 Å². The Morgan fingerprint density at radius 1 is 1.09 bits per heavy atom. The molecule has 1 aromatic rings. The SMILES string of the molecule is CC(NC(=S)Nc1ccc(Cl)cc1)C12CC3CC(CC(C3)C1)C2. The monoisotopic (exact) mass is 348 g/mol. The lowest BCUT2D eigenvalue weighted by atomic mass is 9.48. The highest BCUT2D eigenvalue weighted by Gasteiger charge is 2.53. The summed E-state index contributed by atoms with van der Waals surface area (Å²) >= 11 is 11.5. The second-order valence-electron chi connectivity index (χ2n) is 8.11. The number of hydrogen-bond acceptors (Lipinski definition) is 1. The van der Waals surface area contributed by atoms with E-state index < -0.39 is 0 Å². The van der Waals surface area contributed by atoms with Crippen LogP contribution in [0, 0.1) is 23.2 Å². The van der Waals surface area contributed by atoms with Crippen LogP contribution in [0.25, 0.3) is 0 Å². The van der Waals surface area contributed by atoms with Gasteiger partial charge in [-0.15, -0.1) is 0 Å². The van der Waals surface area contributed by atoms with Crippen molar-refractivity contribution in [1.82, 2.24) is 5.32 Å². The molecule has 4 aliphatic carbocycles. The van der Waals surface area contributed by atoms with Crippen molar-refractivity contribution in [2.24, 2.45) is 23.2 Å². The first-order chi connectivity index (χ1) is 11.0. The molecule has 4 bridgehead atoms. The Balaban J connectivity index is 1.40. The summed E-state index contributed by atoms with van der Waals surface area (Å²) in [6, 6.07) is 8.14. The van der Waals surface area contributed by atoms with Crippen LogP contribution in [0.2, 0.25) is 5.02 Å². The van der Waals surface area contributed by atoms with Crippen molar-refractivity contribution in [2.75, 3.05) is 5.32 Å². The van der Waals surface area contributed by atoms with Crippen molar-refractivity contribution >= 4 is 34.6 Å². The molecule has 0 aliphatic heterocycles. The molecular formula is C19H25ClN2S. The third kappa shape index (κ3) is 3.10. The van der Waals surface area contributed by atoms with E-state index in [1.165, 1.54) is 38.5 Å². The average Bonchev–Trinajstić information content (AvgIpc) is 2.48. The molecule has 1 atom stereocenters. The molecular weight excluding hydrogens is 324 g/mol. The van der Waals surface area contributed by atoms with Crippen molar-refractivity contribution < 1.29 is 0 Å². The van der Waals surface area contributed by atoms with Gasteiger partial charge >= 0.3 is 0 Å². The Labute approximate surface area is 149 Å². The summed E-state index contributed by atoms with van der Waals surface area (Å²) in [6.45, 7) is 2.34. The molecule has 5 rings (SSSR count). The summed E-state index contributed by atoms with van der Waals surface area (Å²) in [6.07, 6.45) is 8.66. The number of benzene rings is 1. The van der Waals surface area contributed by atoms with Crippen molar-refractivity contribution in [3.63, 3.8) is 0 Å². The molecule has 4 aliphatic rings. The van der Waals surface area contributed by atoms with Gasteiger partial charge < -0.3 is 10.6 Å². The molecule has 0 heterocycles. The first-order valence-electron chi connectivity index (χ1n) is 8.85. The molecule has 1 aromatic carbocycles. The zero-order chi connectivity index (χ0) is 16.0. The Hall–Kier alpha value is -0.800. The fraction of sp³-hybridized carbons (Fsp3) is 0.632. The van der Waals surface area contributed by atoms with Crippen LogP contribution >= 0.6 is 23.8 Å². The van der Waals surface area contributed by atoms with Gasteiger partial charge in [0.25, 0.3) is 0 Å². The fourth-order valence-corrected chi connectivity index (χ4v) is 6.18. The van der Waals surface area contributed by atoms with E-state index in [0.717, 1.165) is 33.6 Å². The Kier molecular flexibility index (Phi) is 4.05. The molecule has 0 radical (unpaired) electrons.